The molecule has 2 aromatic rings. The number of benzene rings is 2. The van der Waals surface area contributed by atoms with Gasteiger partial charge in [0.2, 0.25) is 0 Å². The molecule has 0 unspecified atom stereocenters. The van der Waals surface area contributed by atoms with E-state index in [1.54, 1.807) is 26.4 Å². The van der Waals surface area contributed by atoms with E-state index in [0.29, 0.717) is 12.4 Å². The van der Waals surface area contributed by atoms with Crippen LogP contribution in [0.2, 0.25) is 0 Å². The fraction of sp³-hybridized carbons (Fsp3) is 0.480. The lowest BCUT2D eigenvalue weighted by Crippen LogP contribution is -2.36. The SMILES string of the molecule is COCOc1cccc([C@@H](CN2CC[C@H](OCOC)C2)N(C)c2ccc(C(=O)OC)cc2)c1. The number of nitrogens with zero attached hydrogens (tertiary/aromatic N) is 2. The molecule has 0 aliphatic carbocycles. The Hall–Kier alpha value is -2.65. The third kappa shape index (κ3) is 6.91. The molecule has 0 bridgehead atoms. The second-order valence-corrected chi connectivity index (χ2v) is 8.03. The van der Waals surface area contributed by atoms with E-state index < -0.39 is 0 Å². The van der Waals surface area contributed by atoms with Crippen LogP contribution >= 0.6 is 0 Å². The predicted octanol–water partition coefficient (Wildman–Crippen LogP) is 3.33. The van der Waals surface area contributed by atoms with Crippen LogP contribution in [0.15, 0.2) is 48.5 Å². The number of likely N-dealkylation sites (N-methyl/N-ethyl adjacent to an activating group) is 1. The molecule has 33 heavy (non-hydrogen) atoms. The van der Waals surface area contributed by atoms with Gasteiger partial charge >= 0.3 is 5.97 Å². The van der Waals surface area contributed by atoms with E-state index >= 15 is 0 Å². The van der Waals surface area contributed by atoms with Crippen molar-refractivity contribution in [1.29, 1.82) is 0 Å². The molecule has 3 rings (SSSR count). The van der Waals surface area contributed by atoms with Gasteiger partial charge in [0.25, 0.3) is 0 Å². The first-order valence-electron chi connectivity index (χ1n) is 11.0. The van der Waals surface area contributed by atoms with Crippen LogP contribution in [-0.4, -0.2) is 78.6 Å². The van der Waals surface area contributed by atoms with Crippen LogP contribution in [0.25, 0.3) is 0 Å². The summed E-state index contributed by atoms with van der Waals surface area (Å²) < 4.78 is 26.4. The highest BCUT2D eigenvalue weighted by atomic mass is 16.7. The lowest BCUT2D eigenvalue weighted by atomic mass is 10.0. The molecule has 1 fully saturated rings. The third-order valence-corrected chi connectivity index (χ3v) is 5.83. The Morgan fingerprint density at radius 2 is 1.85 bits per heavy atom. The molecule has 180 valence electrons. The van der Waals surface area contributed by atoms with Crippen molar-refractivity contribution in [2.45, 2.75) is 18.6 Å². The summed E-state index contributed by atoms with van der Waals surface area (Å²) in [5, 5.41) is 0. The van der Waals surface area contributed by atoms with Gasteiger partial charge in [-0.25, -0.2) is 4.79 Å². The molecular weight excluding hydrogens is 424 g/mol. The van der Waals surface area contributed by atoms with Crippen molar-refractivity contribution in [2.75, 3.05) is 66.5 Å². The molecule has 8 nitrogen and oxygen atoms in total. The molecule has 0 N–H and O–H groups in total. The molecule has 1 saturated heterocycles. The third-order valence-electron chi connectivity index (χ3n) is 5.83. The van der Waals surface area contributed by atoms with Crippen LogP contribution in [0, 0.1) is 0 Å². The summed E-state index contributed by atoms with van der Waals surface area (Å²) in [7, 11) is 6.70. The fourth-order valence-corrected chi connectivity index (χ4v) is 4.03. The van der Waals surface area contributed by atoms with Gasteiger partial charge in [-0.2, -0.15) is 0 Å². The van der Waals surface area contributed by atoms with Gasteiger partial charge in [-0.05, 0) is 48.4 Å². The van der Waals surface area contributed by atoms with Crippen LogP contribution in [0.5, 0.6) is 5.75 Å². The quantitative estimate of drug-likeness (QED) is 0.354. The Bertz CT molecular complexity index is 875. The minimum absolute atomic E-state index is 0.0567. The molecule has 0 radical (unpaired) electrons. The van der Waals surface area contributed by atoms with Crippen molar-refractivity contribution < 1.29 is 28.5 Å². The standard InChI is InChI=1S/C25H34N2O6/c1-26(21-10-8-19(9-11-21)25(28)31-4)24(16-27-13-12-23(15-27)33-18-30-3)20-6-5-7-22(14-20)32-17-29-2/h5-11,14,23-24H,12-13,15-18H2,1-4H3/t23-,24+/m0/s1. The summed E-state index contributed by atoms with van der Waals surface area (Å²) in [5.41, 5.74) is 2.66. The number of methoxy groups -OCH3 is 3. The first-order chi connectivity index (χ1) is 16.0. The van der Waals surface area contributed by atoms with E-state index in [-0.39, 0.29) is 24.9 Å². The number of anilines is 1. The highest BCUT2D eigenvalue weighted by molar-refractivity contribution is 5.89. The zero-order valence-corrected chi connectivity index (χ0v) is 19.9. The van der Waals surface area contributed by atoms with E-state index in [4.69, 9.17) is 23.7 Å². The first-order valence-corrected chi connectivity index (χ1v) is 11.0. The minimum atomic E-state index is -0.345. The highest BCUT2D eigenvalue weighted by Crippen LogP contribution is 2.30. The van der Waals surface area contributed by atoms with Crippen LogP contribution in [-0.2, 0) is 18.9 Å². The molecular formula is C25H34N2O6. The van der Waals surface area contributed by atoms with E-state index in [2.05, 4.69) is 29.0 Å². The Balaban J connectivity index is 1.81. The van der Waals surface area contributed by atoms with Gasteiger partial charge in [0.1, 0.15) is 12.5 Å². The monoisotopic (exact) mass is 458 g/mol. The average Bonchev–Trinajstić information content (AvgIpc) is 3.31. The van der Waals surface area contributed by atoms with Gasteiger partial charge in [0.05, 0.1) is 24.8 Å². The van der Waals surface area contributed by atoms with Crippen molar-refractivity contribution in [3.05, 3.63) is 59.7 Å². The molecule has 1 aliphatic rings. The number of likely N-dealkylation sites (tertiary alicyclic amines) is 1. The van der Waals surface area contributed by atoms with Gasteiger partial charge in [-0.3, -0.25) is 4.90 Å². The Labute approximate surface area is 195 Å². The van der Waals surface area contributed by atoms with Gasteiger partial charge in [0.15, 0.2) is 6.79 Å². The summed E-state index contributed by atoms with van der Waals surface area (Å²) >= 11 is 0. The lowest BCUT2D eigenvalue weighted by molar-refractivity contribution is -0.0671. The summed E-state index contributed by atoms with van der Waals surface area (Å²) in [6.45, 7) is 3.14. The molecule has 1 aliphatic heterocycles. The van der Waals surface area contributed by atoms with Gasteiger partial charge in [-0.1, -0.05) is 12.1 Å². The Morgan fingerprint density at radius 1 is 1.09 bits per heavy atom. The fourth-order valence-electron chi connectivity index (χ4n) is 4.03. The maximum atomic E-state index is 11.8. The van der Waals surface area contributed by atoms with Gasteiger partial charge in [-0.15, -0.1) is 0 Å². The topological polar surface area (TPSA) is 69.7 Å². The van der Waals surface area contributed by atoms with E-state index in [0.717, 1.165) is 43.1 Å². The minimum Gasteiger partial charge on any atom is -0.468 e. The van der Waals surface area contributed by atoms with Crippen LogP contribution in [0.4, 0.5) is 5.69 Å². The molecule has 0 amide bonds. The molecule has 1 heterocycles. The Morgan fingerprint density at radius 3 is 2.55 bits per heavy atom. The van der Waals surface area contributed by atoms with Crippen LogP contribution in [0.3, 0.4) is 0 Å². The summed E-state index contributed by atoms with van der Waals surface area (Å²) in [6.07, 6.45) is 1.15. The number of carbonyl (C=O) groups excluding carboxylic acids is 1. The van der Waals surface area contributed by atoms with Gasteiger partial charge in [0, 0.05) is 46.6 Å². The predicted molar refractivity (Wildman–Crippen MR) is 126 cm³/mol. The van der Waals surface area contributed by atoms with E-state index in [1.165, 1.54) is 7.11 Å². The Kier molecular flexibility index (Phi) is 9.50. The molecule has 0 spiro atoms. The first kappa shape index (κ1) is 25.0. The molecule has 2 aromatic carbocycles. The second-order valence-electron chi connectivity index (χ2n) is 8.03. The number of hydrogen-bond acceptors (Lipinski definition) is 8. The van der Waals surface area contributed by atoms with Crippen LogP contribution < -0.4 is 9.64 Å². The van der Waals surface area contributed by atoms with Gasteiger partial charge < -0.3 is 28.6 Å². The number of rotatable bonds is 12. The van der Waals surface area contributed by atoms with E-state index in [1.807, 2.05) is 24.3 Å². The number of ether oxygens (including phenoxy) is 5. The zero-order valence-electron chi connectivity index (χ0n) is 19.9. The van der Waals surface area contributed by atoms with Crippen molar-refractivity contribution in [3.8, 4) is 5.75 Å². The van der Waals surface area contributed by atoms with Crippen molar-refractivity contribution in [3.63, 3.8) is 0 Å². The highest BCUT2D eigenvalue weighted by Gasteiger charge is 2.28. The summed E-state index contributed by atoms with van der Waals surface area (Å²) in [6, 6.07) is 15.6. The summed E-state index contributed by atoms with van der Waals surface area (Å²) in [4.78, 5) is 16.5. The number of esters is 1. The number of carbonyl (C=O) groups is 1. The van der Waals surface area contributed by atoms with Crippen LogP contribution in [0.1, 0.15) is 28.4 Å². The largest absolute Gasteiger partial charge is 0.468 e. The normalized spacial score (nSPS) is 17.0. The average molecular weight is 459 g/mol. The smallest absolute Gasteiger partial charge is 0.337 e. The summed E-state index contributed by atoms with van der Waals surface area (Å²) in [5.74, 6) is 0.416. The molecule has 0 saturated carbocycles. The molecule has 8 heteroatoms. The lowest BCUT2D eigenvalue weighted by Gasteiger charge is -2.34. The molecule has 0 aromatic heterocycles. The number of hydrogen-bond donors (Lipinski definition) is 0. The zero-order chi connectivity index (χ0) is 23.6. The maximum absolute atomic E-state index is 11.8. The van der Waals surface area contributed by atoms with Crippen molar-refractivity contribution in [2.24, 2.45) is 0 Å². The van der Waals surface area contributed by atoms with Crippen molar-refractivity contribution >= 4 is 11.7 Å². The second kappa shape index (κ2) is 12.6. The van der Waals surface area contributed by atoms with E-state index in [9.17, 15) is 4.79 Å². The molecule has 2 atom stereocenters. The van der Waals surface area contributed by atoms with Crippen molar-refractivity contribution in [1.82, 2.24) is 4.90 Å². The maximum Gasteiger partial charge on any atom is 0.337 e.